The molecule has 30 heavy (non-hydrogen) atoms. The molecule has 1 aromatic carbocycles. The van der Waals surface area contributed by atoms with Crippen LogP contribution in [0.4, 0.5) is 0 Å². The van der Waals surface area contributed by atoms with Crippen molar-refractivity contribution in [1.82, 2.24) is 9.80 Å². The second-order valence-corrected chi connectivity index (χ2v) is 8.83. The van der Waals surface area contributed by atoms with E-state index in [1.807, 2.05) is 24.0 Å². The summed E-state index contributed by atoms with van der Waals surface area (Å²) in [5, 5.41) is 0.886. The number of carbonyl (C=O) groups excluding carboxylic acids is 1. The molecule has 2 aromatic rings. The number of benzene rings is 1. The Morgan fingerprint density at radius 2 is 1.83 bits per heavy atom. The van der Waals surface area contributed by atoms with E-state index < -0.39 is 6.10 Å². The third-order valence-corrected chi connectivity index (χ3v) is 6.76. The number of nitrogens with zero attached hydrogens (tertiary/aromatic N) is 2. The number of carbonyl (C=O) groups is 1. The van der Waals surface area contributed by atoms with Gasteiger partial charge in [0.1, 0.15) is 11.3 Å². The molecule has 0 radical (unpaired) electrons. The summed E-state index contributed by atoms with van der Waals surface area (Å²) < 4.78 is 11.3. The number of fused-ring (bicyclic) bond motifs is 1. The highest BCUT2D eigenvalue weighted by Crippen LogP contribution is 2.26. The first kappa shape index (κ1) is 20.9. The van der Waals surface area contributed by atoms with Gasteiger partial charge in [-0.05, 0) is 57.2 Å². The lowest BCUT2D eigenvalue weighted by molar-refractivity contribution is -0.139. The third-order valence-electron chi connectivity index (χ3n) is 6.76. The third kappa shape index (κ3) is 4.38. The molecule has 0 bridgehead atoms. The van der Waals surface area contributed by atoms with E-state index in [0.717, 1.165) is 43.0 Å². The highest BCUT2D eigenvalue weighted by Gasteiger charge is 2.27. The van der Waals surface area contributed by atoms with Crippen LogP contribution < -0.4 is 10.4 Å². The molecule has 1 aromatic heterocycles. The molecule has 1 atom stereocenters. The fourth-order valence-electron chi connectivity index (χ4n) is 4.72. The van der Waals surface area contributed by atoms with Gasteiger partial charge in [-0.1, -0.05) is 12.8 Å². The van der Waals surface area contributed by atoms with Gasteiger partial charge in [0.05, 0.1) is 0 Å². The van der Waals surface area contributed by atoms with Crippen molar-refractivity contribution in [3.8, 4) is 5.75 Å². The molecule has 6 heteroatoms. The number of amides is 1. The molecule has 0 N–H and O–H groups in total. The minimum atomic E-state index is -0.581. The van der Waals surface area contributed by atoms with E-state index in [2.05, 4.69) is 4.90 Å². The lowest BCUT2D eigenvalue weighted by Crippen LogP contribution is -2.52. The quantitative estimate of drug-likeness (QED) is 0.704. The molecular formula is C24H32N2O4. The van der Waals surface area contributed by atoms with Crippen LogP contribution in [0, 0.1) is 19.8 Å². The number of hydrogen-bond acceptors (Lipinski definition) is 5. The number of hydrogen-bond donors (Lipinski definition) is 0. The van der Waals surface area contributed by atoms with E-state index in [4.69, 9.17) is 9.15 Å². The van der Waals surface area contributed by atoms with Gasteiger partial charge in [0.25, 0.3) is 5.91 Å². The van der Waals surface area contributed by atoms with Crippen molar-refractivity contribution in [2.45, 2.75) is 52.6 Å². The average Bonchev–Trinajstić information content (AvgIpc) is 3.25. The SMILES string of the molecule is Cc1c(C)c2ccc(OC(C)C(=O)N3CCN(CC4CCCC4)CC3)cc2oc1=O. The summed E-state index contributed by atoms with van der Waals surface area (Å²) in [5.74, 6) is 1.39. The molecule has 0 spiro atoms. The zero-order valence-electron chi connectivity index (χ0n) is 18.3. The van der Waals surface area contributed by atoms with Crippen LogP contribution in [0.25, 0.3) is 11.0 Å². The second-order valence-electron chi connectivity index (χ2n) is 8.83. The van der Waals surface area contributed by atoms with Gasteiger partial charge in [-0.25, -0.2) is 4.79 Å². The molecule has 2 aliphatic rings. The van der Waals surface area contributed by atoms with Crippen LogP contribution in [0.5, 0.6) is 5.75 Å². The van der Waals surface area contributed by atoms with E-state index >= 15 is 0 Å². The highest BCUT2D eigenvalue weighted by molar-refractivity contribution is 5.83. The van der Waals surface area contributed by atoms with Crippen molar-refractivity contribution in [2.75, 3.05) is 32.7 Å². The van der Waals surface area contributed by atoms with E-state index in [9.17, 15) is 9.59 Å². The molecule has 6 nitrogen and oxygen atoms in total. The summed E-state index contributed by atoms with van der Waals surface area (Å²) in [6, 6.07) is 5.42. The molecule has 1 aliphatic heterocycles. The maximum Gasteiger partial charge on any atom is 0.339 e. The smallest absolute Gasteiger partial charge is 0.339 e. The largest absolute Gasteiger partial charge is 0.481 e. The van der Waals surface area contributed by atoms with Gasteiger partial charge >= 0.3 is 5.63 Å². The predicted molar refractivity (Wildman–Crippen MR) is 117 cm³/mol. The van der Waals surface area contributed by atoms with Gasteiger partial charge < -0.3 is 14.1 Å². The van der Waals surface area contributed by atoms with Crippen molar-refractivity contribution in [3.05, 3.63) is 39.7 Å². The van der Waals surface area contributed by atoms with Crippen molar-refractivity contribution < 1.29 is 13.9 Å². The Morgan fingerprint density at radius 1 is 1.13 bits per heavy atom. The molecule has 1 saturated carbocycles. The first-order valence-electron chi connectivity index (χ1n) is 11.1. The Hall–Kier alpha value is -2.34. The Balaban J connectivity index is 1.35. The lowest BCUT2D eigenvalue weighted by Gasteiger charge is -2.36. The lowest BCUT2D eigenvalue weighted by atomic mass is 10.1. The van der Waals surface area contributed by atoms with Crippen LogP contribution in [0.3, 0.4) is 0 Å². The molecule has 1 unspecified atom stereocenters. The maximum absolute atomic E-state index is 12.9. The van der Waals surface area contributed by atoms with Gasteiger partial charge in [0, 0.05) is 49.7 Å². The van der Waals surface area contributed by atoms with Crippen LogP contribution in [-0.4, -0.2) is 54.5 Å². The molecule has 1 saturated heterocycles. The first-order chi connectivity index (χ1) is 14.4. The number of rotatable bonds is 5. The monoisotopic (exact) mass is 412 g/mol. The minimum Gasteiger partial charge on any atom is -0.481 e. The molecule has 2 heterocycles. The van der Waals surface area contributed by atoms with Crippen LogP contribution in [0.15, 0.2) is 27.4 Å². The van der Waals surface area contributed by atoms with Crippen LogP contribution in [0.1, 0.15) is 43.7 Å². The maximum atomic E-state index is 12.9. The van der Waals surface area contributed by atoms with E-state index in [1.54, 1.807) is 19.9 Å². The normalized spacial score (nSPS) is 19.4. The molecule has 1 aliphatic carbocycles. The Labute approximate surface area is 177 Å². The summed E-state index contributed by atoms with van der Waals surface area (Å²) in [7, 11) is 0. The standard InChI is InChI=1S/C24H32N2O4/c1-16-17(2)24(28)30-22-14-20(8-9-21(16)22)29-18(3)23(27)26-12-10-25(11-13-26)15-19-6-4-5-7-19/h8-9,14,18-19H,4-7,10-13,15H2,1-3H3. The van der Waals surface area contributed by atoms with Crippen molar-refractivity contribution >= 4 is 16.9 Å². The van der Waals surface area contributed by atoms with Gasteiger partial charge in [-0.15, -0.1) is 0 Å². The average molecular weight is 413 g/mol. The topological polar surface area (TPSA) is 63.0 Å². The van der Waals surface area contributed by atoms with Gasteiger partial charge in [-0.3, -0.25) is 9.69 Å². The zero-order chi connectivity index (χ0) is 21.3. The Morgan fingerprint density at radius 3 is 2.53 bits per heavy atom. The summed E-state index contributed by atoms with van der Waals surface area (Å²) in [5.41, 5.74) is 1.68. The van der Waals surface area contributed by atoms with Crippen molar-refractivity contribution in [2.24, 2.45) is 5.92 Å². The van der Waals surface area contributed by atoms with Gasteiger partial charge in [-0.2, -0.15) is 0 Å². The summed E-state index contributed by atoms with van der Waals surface area (Å²) in [6.07, 6.45) is 4.87. The Bertz CT molecular complexity index is 969. The van der Waals surface area contributed by atoms with E-state index in [-0.39, 0.29) is 11.5 Å². The molecule has 4 rings (SSSR count). The van der Waals surface area contributed by atoms with Crippen LogP contribution in [0.2, 0.25) is 0 Å². The zero-order valence-corrected chi connectivity index (χ0v) is 18.3. The first-order valence-corrected chi connectivity index (χ1v) is 11.1. The highest BCUT2D eigenvalue weighted by atomic mass is 16.5. The molecule has 2 fully saturated rings. The van der Waals surface area contributed by atoms with Crippen LogP contribution in [-0.2, 0) is 4.79 Å². The van der Waals surface area contributed by atoms with Crippen molar-refractivity contribution in [1.29, 1.82) is 0 Å². The number of ether oxygens (including phenoxy) is 1. The van der Waals surface area contributed by atoms with Gasteiger partial charge in [0.15, 0.2) is 6.10 Å². The predicted octanol–water partition coefficient (Wildman–Crippen LogP) is 3.51. The second kappa shape index (κ2) is 8.80. The number of piperazine rings is 1. The summed E-state index contributed by atoms with van der Waals surface area (Å²) in [6.45, 7) is 10.0. The molecule has 1 amide bonds. The summed E-state index contributed by atoms with van der Waals surface area (Å²) in [4.78, 5) is 29.3. The van der Waals surface area contributed by atoms with Crippen molar-refractivity contribution in [3.63, 3.8) is 0 Å². The minimum absolute atomic E-state index is 0.0113. The van der Waals surface area contributed by atoms with Crippen LogP contribution >= 0.6 is 0 Å². The van der Waals surface area contributed by atoms with Gasteiger partial charge in [0.2, 0.25) is 0 Å². The fourth-order valence-corrected chi connectivity index (χ4v) is 4.72. The molecule has 162 valence electrons. The van der Waals surface area contributed by atoms with E-state index in [0.29, 0.717) is 16.9 Å². The fraction of sp³-hybridized carbons (Fsp3) is 0.583. The summed E-state index contributed by atoms with van der Waals surface area (Å²) >= 11 is 0. The molecular weight excluding hydrogens is 380 g/mol. The van der Waals surface area contributed by atoms with E-state index in [1.165, 1.54) is 32.2 Å². The number of aryl methyl sites for hydroxylation is 1. The Kier molecular flexibility index (Phi) is 6.14.